The summed E-state index contributed by atoms with van der Waals surface area (Å²) in [5.74, 6) is 0. The second-order valence-electron chi connectivity index (χ2n) is 5.05. The van der Waals surface area contributed by atoms with Crippen LogP contribution < -0.4 is 10.6 Å². The average Bonchev–Trinajstić information content (AvgIpc) is 2.34. The third-order valence-electron chi connectivity index (χ3n) is 3.38. The highest BCUT2D eigenvalue weighted by Gasteiger charge is 2.16. The van der Waals surface area contributed by atoms with E-state index in [1.165, 1.54) is 19.3 Å². The largest absolute Gasteiger partial charge is 0.381 e. The minimum Gasteiger partial charge on any atom is -0.381 e. The average molecular weight is 287 g/mol. The highest BCUT2D eigenvalue weighted by molar-refractivity contribution is 6.36. The highest BCUT2D eigenvalue weighted by Crippen LogP contribution is 2.26. The van der Waals surface area contributed by atoms with Gasteiger partial charge in [0.1, 0.15) is 0 Å². The molecule has 0 radical (unpaired) electrons. The van der Waals surface area contributed by atoms with Gasteiger partial charge in [0.15, 0.2) is 0 Å². The zero-order valence-corrected chi connectivity index (χ0v) is 12.2. The van der Waals surface area contributed by atoms with Crippen LogP contribution in [0.5, 0.6) is 0 Å². The van der Waals surface area contributed by atoms with E-state index in [1.54, 1.807) is 6.07 Å². The molecule has 1 saturated heterocycles. The van der Waals surface area contributed by atoms with Crippen molar-refractivity contribution in [2.75, 3.05) is 11.9 Å². The van der Waals surface area contributed by atoms with Crippen molar-refractivity contribution in [3.63, 3.8) is 0 Å². The van der Waals surface area contributed by atoms with Crippen LogP contribution in [0.15, 0.2) is 18.2 Å². The number of hydrogen-bond donors (Lipinski definition) is 2. The lowest BCUT2D eigenvalue weighted by molar-refractivity contribution is 0.371. The summed E-state index contributed by atoms with van der Waals surface area (Å²) in [5, 5.41) is 8.38. The normalized spacial score (nSPS) is 21.6. The van der Waals surface area contributed by atoms with Gasteiger partial charge in [-0.2, -0.15) is 0 Å². The Kier molecular flexibility index (Phi) is 5.16. The predicted molar refractivity (Wildman–Crippen MR) is 79.8 cm³/mol. The molecular formula is C14H20Cl2N2. The first-order valence-electron chi connectivity index (χ1n) is 6.60. The van der Waals surface area contributed by atoms with E-state index in [0.717, 1.165) is 18.7 Å². The van der Waals surface area contributed by atoms with E-state index in [4.69, 9.17) is 23.2 Å². The van der Waals surface area contributed by atoms with Gasteiger partial charge in [0.2, 0.25) is 0 Å². The lowest BCUT2D eigenvalue weighted by Crippen LogP contribution is -2.37. The van der Waals surface area contributed by atoms with E-state index in [2.05, 4.69) is 17.6 Å². The second kappa shape index (κ2) is 6.65. The molecule has 0 bridgehead atoms. The Labute approximate surface area is 119 Å². The van der Waals surface area contributed by atoms with Gasteiger partial charge in [0, 0.05) is 17.1 Å². The first kappa shape index (κ1) is 14.0. The molecule has 2 atom stereocenters. The molecule has 0 aliphatic carbocycles. The number of benzene rings is 1. The molecule has 1 aliphatic rings. The zero-order valence-electron chi connectivity index (χ0n) is 10.7. The van der Waals surface area contributed by atoms with Crippen molar-refractivity contribution < 1.29 is 0 Å². The second-order valence-corrected chi connectivity index (χ2v) is 5.90. The Morgan fingerprint density at radius 1 is 1.39 bits per heavy atom. The fourth-order valence-electron chi connectivity index (χ4n) is 2.48. The Bertz CT molecular complexity index is 389. The maximum absolute atomic E-state index is 6.15. The topological polar surface area (TPSA) is 24.1 Å². The van der Waals surface area contributed by atoms with Gasteiger partial charge in [-0.1, -0.05) is 29.6 Å². The Morgan fingerprint density at radius 3 is 2.89 bits per heavy atom. The maximum Gasteiger partial charge on any atom is 0.0652 e. The number of piperidine rings is 1. The summed E-state index contributed by atoms with van der Waals surface area (Å²) < 4.78 is 0. The number of anilines is 1. The Hall–Kier alpha value is -0.440. The maximum atomic E-state index is 6.15. The van der Waals surface area contributed by atoms with Gasteiger partial charge >= 0.3 is 0 Å². The summed E-state index contributed by atoms with van der Waals surface area (Å²) in [6, 6.07) is 6.61. The van der Waals surface area contributed by atoms with Crippen LogP contribution in [-0.4, -0.2) is 18.6 Å². The van der Waals surface area contributed by atoms with Crippen LogP contribution in [-0.2, 0) is 0 Å². The van der Waals surface area contributed by atoms with Gasteiger partial charge in [-0.15, -0.1) is 0 Å². The number of rotatable bonds is 4. The fraction of sp³-hybridized carbons (Fsp3) is 0.571. The molecule has 0 aromatic heterocycles. The molecule has 18 heavy (non-hydrogen) atoms. The van der Waals surface area contributed by atoms with E-state index in [1.807, 2.05) is 12.1 Å². The summed E-state index contributed by atoms with van der Waals surface area (Å²) in [6.07, 6.45) is 5.05. The van der Waals surface area contributed by atoms with Crippen molar-refractivity contribution in [1.29, 1.82) is 0 Å². The molecule has 1 aromatic carbocycles. The van der Waals surface area contributed by atoms with Crippen LogP contribution in [0.3, 0.4) is 0 Å². The zero-order chi connectivity index (χ0) is 13.0. The van der Waals surface area contributed by atoms with Crippen LogP contribution in [0, 0.1) is 0 Å². The number of hydrogen-bond acceptors (Lipinski definition) is 2. The summed E-state index contributed by atoms with van der Waals surface area (Å²) in [4.78, 5) is 0. The third-order valence-corrected chi connectivity index (χ3v) is 3.93. The molecule has 4 heteroatoms. The lowest BCUT2D eigenvalue weighted by Gasteiger charge is -2.27. The molecule has 2 nitrogen and oxygen atoms in total. The van der Waals surface area contributed by atoms with E-state index in [9.17, 15) is 0 Å². The fourth-order valence-corrected chi connectivity index (χ4v) is 2.95. The van der Waals surface area contributed by atoms with E-state index < -0.39 is 0 Å². The molecule has 2 unspecified atom stereocenters. The molecular weight excluding hydrogens is 267 g/mol. The van der Waals surface area contributed by atoms with Gasteiger partial charge in [-0.3, -0.25) is 0 Å². The van der Waals surface area contributed by atoms with Crippen LogP contribution in [0.2, 0.25) is 10.0 Å². The molecule has 2 rings (SSSR count). The minimum absolute atomic E-state index is 0.402. The van der Waals surface area contributed by atoms with Crippen LogP contribution >= 0.6 is 23.2 Å². The molecule has 1 aromatic rings. The van der Waals surface area contributed by atoms with Crippen LogP contribution in [0.4, 0.5) is 5.69 Å². The molecule has 0 spiro atoms. The lowest BCUT2D eigenvalue weighted by atomic mass is 9.99. The van der Waals surface area contributed by atoms with Crippen molar-refractivity contribution in [2.24, 2.45) is 0 Å². The van der Waals surface area contributed by atoms with Crippen LogP contribution in [0.1, 0.15) is 32.6 Å². The first-order chi connectivity index (χ1) is 8.65. The van der Waals surface area contributed by atoms with Gasteiger partial charge in [-0.25, -0.2) is 0 Å². The molecule has 0 saturated carbocycles. The molecule has 2 N–H and O–H groups in total. The van der Waals surface area contributed by atoms with Gasteiger partial charge in [0.05, 0.1) is 10.7 Å². The Morgan fingerprint density at radius 2 is 2.22 bits per heavy atom. The summed E-state index contributed by atoms with van der Waals surface area (Å²) in [7, 11) is 0. The summed E-state index contributed by atoms with van der Waals surface area (Å²) in [5.41, 5.74) is 0.962. The smallest absolute Gasteiger partial charge is 0.0652 e. The standard InChI is InChI=1S/C14H20Cl2N2/c1-10(8-12-4-2-3-7-17-12)18-14-6-5-11(15)9-13(14)16/h5-6,9-10,12,17-18H,2-4,7-8H2,1H3. The molecule has 1 heterocycles. The van der Waals surface area contributed by atoms with Crippen molar-refractivity contribution in [2.45, 2.75) is 44.7 Å². The van der Waals surface area contributed by atoms with Gasteiger partial charge in [0.25, 0.3) is 0 Å². The number of halogens is 2. The minimum atomic E-state index is 0.402. The SMILES string of the molecule is CC(CC1CCCCN1)Nc1ccc(Cl)cc1Cl. The van der Waals surface area contributed by atoms with Crippen molar-refractivity contribution in [1.82, 2.24) is 5.32 Å². The quantitative estimate of drug-likeness (QED) is 0.861. The molecule has 1 fully saturated rings. The molecule has 100 valence electrons. The van der Waals surface area contributed by atoms with Crippen molar-refractivity contribution in [3.05, 3.63) is 28.2 Å². The third kappa shape index (κ3) is 4.04. The molecule has 1 aliphatic heterocycles. The van der Waals surface area contributed by atoms with Crippen molar-refractivity contribution >= 4 is 28.9 Å². The highest BCUT2D eigenvalue weighted by atomic mass is 35.5. The van der Waals surface area contributed by atoms with E-state index in [0.29, 0.717) is 22.1 Å². The van der Waals surface area contributed by atoms with Crippen LogP contribution in [0.25, 0.3) is 0 Å². The first-order valence-corrected chi connectivity index (χ1v) is 7.35. The summed E-state index contributed by atoms with van der Waals surface area (Å²) >= 11 is 12.0. The van der Waals surface area contributed by atoms with E-state index in [-0.39, 0.29) is 0 Å². The number of nitrogens with one attached hydrogen (secondary N) is 2. The summed E-state index contributed by atoms with van der Waals surface area (Å²) in [6.45, 7) is 3.35. The monoisotopic (exact) mass is 286 g/mol. The predicted octanol–water partition coefficient (Wildman–Crippen LogP) is 4.33. The van der Waals surface area contributed by atoms with Crippen molar-refractivity contribution in [3.8, 4) is 0 Å². The van der Waals surface area contributed by atoms with E-state index >= 15 is 0 Å². The van der Waals surface area contributed by atoms with Gasteiger partial charge < -0.3 is 10.6 Å². The Balaban J connectivity index is 1.87. The molecule has 0 amide bonds. The van der Waals surface area contributed by atoms with Gasteiger partial charge in [-0.05, 0) is 50.9 Å².